The average Bonchev–Trinajstić information content (AvgIpc) is 3.33. The molecule has 2 N–H and O–H groups in total. The molecule has 156 valence electrons. The molecule has 2 aliphatic rings. The maximum atomic E-state index is 11.8. The maximum absolute atomic E-state index is 11.8. The summed E-state index contributed by atoms with van der Waals surface area (Å²) in [6, 6.07) is 10.1. The van der Waals surface area contributed by atoms with Crippen LogP contribution >= 0.6 is 24.0 Å². The lowest BCUT2D eigenvalue weighted by atomic mass is 9.79. The predicted octanol–water partition coefficient (Wildman–Crippen LogP) is 2.56. The molecule has 1 spiro atoms. The largest absolute Gasteiger partial charge is 0.357 e. The number of carbonyl (C=O) groups is 1. The van der Waals surface area contributed by atoms with Crippen LogP contribution in [-0.2, 0) is 11.3 Å². The van der Waals surface area contributed by atoms with Crippen LogP contribution in [0.3, 0.4) is 0 Å². The number of carbonyl (C=O) groups excluding carboxylic acids is 1. The lowest BCUT2D eigenvalue weighted by Gasteiger charge is -2.40. The van der Waals surface area contributed by atoms with Crippen molar-refractivity contribution >= 4 is 35.8 Å². The van der Waals surface area contributed by atoms with Crippen molar-refractivity contribution in [2.24, 2.45) is 10.4 Å². The number of benzene rings is 1. The van der Waals surface area contributed by atoms with Gasteiger partial charge in [0.2, 0.25) is 5.91 Å². The molecule has 1 atom stereocenters. The van der Waals surface area contributed by atoms with E-state index in [1.807, 2.05) is 47.4 Å². The highest BCUT2D eigenvalue weighted by atomic mass is 127. The molecule has 2 aromatic rings. The number of guanidine groups is 1. The van der Waals surface area contributed by atoms with E-state index in [1.165, 1.54) is 0 Å². The Kier molecular flexibility index (Phi) is 7.15. The fraction of sp³-hybridized carbons (Fsp3) is 0.476. The molecule has 1 aromatic carbocycles. The average molecular weight is 508 g/mol. The van der Waals surface area contributed by atoms with Gasteiger partial charge in [-0.25, -0.2) is 9.67 Å². The molecule has 0 radical (unpaired) electrons. The first kappa shape index (κ1) is 21.6. The number of hydrogen-bond acceptors (Lipinski definition) is 3. The van der Waals surface area contributed by atoms with Gasteiger partial charge in [0, 0.05) is 49.8 Å². The van der Waals surface area contributed by atoms with Crippen LogP contribution < -0.4 is 10.6 Å². The lowest BCUT2D eigenvalue weighted by Crippen LogP contribution is -2.51. The summed E-state index contributed by atoms with van der Waals surface area (Å²) in [6.45, 7) is 6.12. The van der Waals surface area contributed by atoms with E-state index in [0.717, 1.165) is 56.2 Å². The van der Waals surface area contributed by atoms with Crippen LogP contribution in [0.5, 0.6) is 0 Å². The van der Waals surface area contributed by atoms with Crippen LogP contribution in [0.4, 0.5) is 0 Å². The molecule has 2 saturated heterocycles. The van der Waals surface area contributed by atoms with Crippen LogP contribution in [0.1, 0.15) is 31.7 Å². The van der Waals surface area contributed by atoms with Crippen molar-refractivity contribution in [1.82, 2.24) is 25.3 Å². The molecule has 8 heteroatoms. The highest BCUT2D eigenvalue weighted by Crippen LogP contribution is 2.36. The zero-order chi connectivity index (χ0) is 19.4. The third-order valence-electron chi connectivity index (χ3n) is 5.56. The number of rotatable bonds is 4. The van der Waals surface area contributed by atoms with Gasteiger partial charge in [0.05, 0.1) is 18.4 Å². The van der Waals surface area contributed by atoms with E-state index in [1.54, 1.807) is 0 Å². The summed E-state index contributed by atoms with van der Waals surface area (Å²) in [5.41, 5.74) is 2.17. The van der Waals surface area contributed by atoms with Crippen LogP contribution in [0, 0.1) is 5.41 Å². The summed E-state index contributed by atoms with van der Waals surface area (Å²) < 4.78 is 1.88. The molecule has 1 amide bonds. The first-order valence-electron chi connectivity index (χ1n) is 10.1. The van der Waals surface area contributed by atoms with Crippen LogP contribution in [0.15, 0.2) is 47.7 Å². The Hall–Kier alpha value is -2.10. The van der Waals surface area contributed by atoms with Crippen molar-refractivity contribution in [3.8, 4) is 5.69 Å². The quantitative estimate of drug-likeness (QED) is 0.379. The molecule has 4 rings (SSSR count). The number of nitrogens with one attached hydrogen (secondary N) is 2. The highest BCUT2D eigenvalue weighted by Gasteiger charge is 2.42. The Labute approximate surface area is 189 Å². The van der Waals surface area contributed by atoms with Crippen molar-refractivity contribution in [3.05, 3.63) is 48.3 Å². The Morgan fingerprint density at radius 3 is 2.90 bits per heavy atom. The van der Waals surface area contributed by atoms with E-state index in [2.05, 4.69) is 27.6 Å². The fourth-order valence-electron chi connectivity index (χ4n) is 4.18. The summed E-state index contributed by atoms with van der Waals surface area (Å²) in [5.74, 6) is 1.10. The smallest absolute Gasteiger partial charge is 0.220 e. The Morgan fingerprint density at radius 1 is 1.34 bits per heavy atom. The van der Waals surface area contributed by atoms with Gasteiger partial charge in [0.1, 0.15) is 0 Å². The molecule has 29 heavy (non-hydrogen) atoms. The topological polar surface area (TPSA) is 74.6 Å². The van der Waals surface area contributed by atoms with Gasteiger partial charge in [-0.05, 0) is 31.9 Å². The Balaban J connectivity index is 0.00000240. The molecule has 2 fully saturated rings. The third kappa shape index (κ3) is 5.09. The first-order chi connectivity index (χ1) is 13.7. The van der Waals surface area contributed by atoms with Gasteiger partial charge in [-0.15, -0.1) is 24.0 Å². The van der Waals surface area contributed by atoms with E-state index in [-0.39, 0.29) is 35.3 Å². The van der Waals surface area contributed by atoms with E-state index in [9.17, 15) is 4.79 Å². The van der Waals surface area contributed by atoms with Crippen molar-refractivity contribution < 1.29 is 4.79 Å². The summed E-state index contributed by atoms with van der Waals surface area (Å²) in [7, 11) is 0. The number of amides is 1. The maximum Gasteiger partial charge on any atom is 0.220 e. The Morgan fingerprint density at radius 2 is 2.17 bits per heavy atom. The number of likely N-dealkylation sites (tertiary alicyclic amines) is 1. The minimum atomic E-state index is 0. The third-order valence-corrected chi connectivity index (χ3v) is 5.56. The highest BCUT2D eigenvalue weighted by molar-refractivity contribution is 14.0. The summed E-state index contributed by atoms with van der Waals surface area (Å²) in [6.07, 6.45) is 6.72. The molecule has 0 saturated carbocycles. The zero-order valence-corrected chi connectivity index (χ0v) is 19.1. The van der Waals surface area contributed by atoms with Gasteiger partial charge in [0.25, 0.3) is 0 Å². The number of para-hydroxylation sites is 1. The van der Waals surface area contributed by atoms with Crippen LogP contribution in [0.25, 0.3) is 5.69 Å². The molecule has 3 heterocycles. The molecular weight excluding hydrogens is 479 g/mol. The minimum absolute atomic E-state index is 0. The molecule has 7 nitrogen and oxygen atoms in total. The number of hydrogen-bond donors (Lipinski definition) is 2. The molecule has 0 aliphatic carbocycles. The number of halogens is 1. The van der Waals surface area contributed by atoms with E-state index < -0.39 is 0 Å². The molecular formula is C21H29IN6O. The summed E-state index contributed by atoms with van der Waals surface area (Å²) in [4.78, 5) is 18.9. The van der Waals surface area contributed by atoms with E-state index in [4.69, 9.17) is 4.99 Å². The van der Waals surface area contributed by atoms with E-state index >= 15 is 0 Å². The molecule has 0 bridgehead atoms. The summed E-state index contributed by atoms with van der Waals surface area (Å²) >= 11 is 0. The number of nitrogens with zero attached hydrogens (tertiary/aromatic N) is 4. The minimum Gasteiger partial charge on any atom is -0.357 e. The fourth-order valence-corrected chi connectivity index (χ4v) is 4.18. The number of aromatic nitrogens is 2. The molecule has 2 aliphatic heterocycles. The van der Waals surface area contributed by atoms with Crippen molar-refractivity contribution in [3.63, 3.8) is 0 Å². The van der Waals surface area contributed by atoms with E-state index in [0.29, 0.717) is 13.0 Å². The zero-order valence-electron chi connectivity index (χ0n) is 16.8. The molecule has 1 unspecified atom stereocenters. The summed E-state index contributed by atoms with van der Waals surface area (Å²) in [5, 5.41) is 10.9. The normalized spacial score (nSPS) is 21.8. The van der Waals surface area contributed by atoms with Gasteiger partial charge in [0.15, 0.2) is 5.96 Å². The van der Waals surface area contributed by atoms with Crippen molar-refractivity contribution in [1.29, 1.82) is 0 Å². The van der Waals surface area contributed by atoms with Gasteiger partial charge in [-0.2, -0.15) is 5.10 Å². The van der Waals surface area contributed by atoms with Gasteiger partial charge in [-0.1, -0.05) is 18.2 Å². The standard InChI is InChI=1S/C21H28N6O.HI/c1-2-22-20(26-10-6-9-21(16-26)11-19(28)24-15-21)23-12-17-13-25-27(14-17)18-7-4-3-5-8-18;/h3-5,7-8,13-14H,2,6,9-12,15-16H2,1H3,(H,22,23)(H,24,28);1H. The monoisotopic (exact) mass is 508 g/mol. The molecule has 1 aromatic heterocycles. The lowest BCUT2D eigenvalue weighted by molar-refractivity contribution is -0.119. The second-order valence-corrected chi connectivity index (χ2v) is 7.78. The predicted molar refractivity (Wildman–Crippen MR) is 125 cm³/mol. The number of aliphatic imine (C=N–C) groups is 1. The first-order valence-corrected chi connectivity index (χ1v) is 10.1. The van der Waals surface area contributed by atoms with Crippen molar-refractivity contribution in [2.75, 3.05) is 26.2 Å². The van der Waals surface area contributed by atoms with Crippen LogP contribution in [0.2, 0.25) is 0 Å². The van der Waals surface area contributed by atoms with Crippen molar-refractivity contribution in [2.45, 2.75) is 32.7 Å². The number of piperidine rings is 1. The van der Waals surface area contributed by atoms with Crippen LogP contribution in [-0.4, -0.2) is 52.7 Å². The van der Waals surface area contributed by atoms with Gasteiger partial charge >= 0.3 is 0 Å². The van der Waals surface area contributed by atoms with Gasteiger partial charge < -0.3 is 15.5 Å². The Bertz CT molecular complexity index is 852. The second-order valence-electron chi connectivity index (χ2n) is 7.78. The van der Waals surface area contributed by atoms with Gasteiger partial charge in [-0.3, -0.25) is 4.79 Å². The second kappa shape index (κ2) is 9.60. The SMILES string of the molecule is CCNC(=NCc1cnn(-c2ccccc2)c1)N1CCCC2(CNC(=O)C2)C1.I.